The van der Waals surface area contributed by atoms with Gasteiger partial charge in [-0.3, -0.25) is 4.72 Å². The molecule has 1 N–H and O–H groups in total. The lowest BCUT2D eigenvalue weighted by Gasteiger charge is -2.38. The van der Waals surface area contributed by atoms with E-state index in [0.717, 1.165) is 32.3 Å². The van der Waals surface area contributed by atoms with Crippen LogP contribution >= 0.6 is 27.7 Å². The molecule has 4 nitrogen and oxygen atoms in total. The molecule has 6 aromatic carbocycles. The number of halogens is 1. The van der Waals surface area contributed by atoms with Crippen LogP contribution in [0.15, 0.2) is 178 Å². The lowest BCUT2D eigenvalue weighted by Crippen LogP contribution is -2.27. The van der Waals surface area contributed by atoms with E-state index >= 15 is 0 Å². The first-order valence-electron chi connectivity index (χ1n) is 15.6. The Morgan fingerprint density at radius 3 is 1.77 bits per heavy atom. The summed E-state index contributed by atoms with van der Waals surface area (Å²) in [6.45, 7) is 1.93. The third-order valence-corrected chi connectivity index (χ3v) is 12.1. The molecule has 1 atom stereocenters. The number of anilines is 1. The largest absolute Gasteiger partial charge is 0.457 e. The van der Waals surface area contributed by atoms with Gasteiger partial charge in [0, 0.05) is 9.86 Å². The zero-order valence-corrected chi connectivity index (χ0v) is 29.3. The van der Waals surface area contributed by atoms with Crippen molar-refractivity contribution in [3.63, 3.8) is 0 Å². The summed E-state index contributed by atoms with van der Waals surface area (Å²) in [6.07, 6.45) is 0. The molecule has 0 unspecified atom stereocenters. The number of sulfonamides is 1. The summed E-state index contributed by atoms with van der Waals surface area (Å²) in [5.41, 5.74) is 6.22. The van der Waals surface area contributed by atoms with Crippen LogP contribution in [-0.2, 0) is 14.8 Å². The van der Waals surface area contributed by atoms with Gasteiger partial charge in [0.2, 0.25) is 0 Å². The Hall–Kier alpha value is -4.56. The Morgan fingerprint density at radius 2 is 1.21 bits per heavy atom. The lowest BCUT2D eigenvalue weighted by molar-refractivity contribution is 0.559. The minimum Gasteiger partial charge on any atom is -0.457 e. The van der Waals surface area contributed by atoms with E-state index in [-0.39, 0.29) is 4.90 Å². The average Bonchev–Trinajstić information content (AvgIpc) is 3.47. The molecule has 0 aliphatic heterocycles. The number of thioether (sulfide) groups is 1. The highest BCUT2D eigenvalue weighted by Gasteiger charge is 2.42. The molecule has 0 saturated carbocycles. The Bertz CT molecular complexity index is 2180. The number of fused-ring (bicyclic) bond motifs is 1. The van der Waals surface area contributed by atoms with Gasteiger partial charge in [-0.05, 0) is 65.6 Å². The lowest BCUT2D eigenvalue weighted by atomic mass is 9.84. The molecule has 7 heteroatoms. The van der Waals surface area contributed by atoms with E-state index < -0.39 is 20.0 Å². The van der Waals surface area contributed by atoms with Crippen LogP contribution in [0.5, 0.6) is 0 Å². The van der Waals surface area contributed by atoms with Crippen molar-refractivity contribution in [3.8, 4) is 0 Å². The SMILES string of the molecule is Cc1ccc(S(=O)(=O)Nc2c([C@H](SC(c3ccccc3)(c3ccccc3)c3ccccc3)c3cccc(Br)c3)oc3ccccc23)cc1. The fourth-order valence-electron chi connectivity index (χ4n) is 6.11. The van der Waals surface area contributed by atoms with Crippen molar-refractivity contribution in [3.05, 3.63) is 202 Å². The quantitative estimate of drug-likeness (QED) is 0.142. The van der Waals surface area contributed by atoms with Crippen LogP contribution < -0.4 is 4.72 Å². The second-order valence-corrected chi connectivity index (χ2v) is 15.5. The maximum absolute atomic E-state index is 14.0. The first-order chi connectivity index (χ1) is 23.3. The first kappa shape index (κ1) is 32.0. The zero-order chi connectivity index (χ0) is 33.1. The molecule has 0 aliphatic rings. The molecule has 0 fully saturated rings. The molecule has 0 radical (unpaired) electrons. The molecule has 0 aliphatic carbocycles. The van der Waals surface area contributed by atoms with Crippen molar-refractivity contribution in [1.29, 1.82) is 0 Å². The topological polar surface area (TPSA) is 59.3 Å². The normalized spacial score (nSPS) is 12.5. The highest BCUT2D eigenvalue weighted by Crippen LogP contribution is 2.57. The Labute approximate surface area is 294 Å². The summed E-state index contributed by atoms with van der Waals surface area (Å²) in [5, 5.41) is 0.222. The molecule has 0 saturated heterocycles. The summed E-state index contributed by atoms with van der Waals surface area (Å²) in [4.78, 5) is 0.184. The molecule has 0 spiro atoms. The van der Waals surface area contributed by atoms with E-state index in [1.54, 1.807) is 36.0 Å². The number of rotatable bonds is 10. The molecule has 7 rings (SSSR count). The van der Waals surface area contributed by atoms with Gasteiger partial charge in [-0.1, -0.05) is 149 Å². The Morgan fingerprint density at radius 1 is 0.667 bits per heavy atom. The maximum atomic E-state index is 14.0. The number of nitrogens with one attached hydrogen (secondary N) is 1. The van der Waals surface area contributed by atoms with E-state index in [4.69, 9.17) is 4.42 Å². The van der Waals surface area contributed by atoms with Gasteiger partial charge in [0.1, 0.15) is 11.3 Å². The van der Waals surface area contributed by atoms with Gasteiger partial charge >= 0.3 is 0 Å². The van der Waals surface area contributed by atoms with Gasteiger partial charge in [-0.15, -0.1) is 11.8 Å². The van der Waals surface area contributed by atoms with Crippen molar-refractivity contribution < 1.29 is 12.8 Å². The third-order valence-electron chi connectivity index (χ3n) is 8.42. The summed E-state index contributed by atoms with van der Waals surface area (Å²) < 4.78 is 37.9. The van der Waals surface area contributed by atoms with Gasteiger partial charge < -0.3 is 4.42 Å². The van der Waals surface area contributed by atoms with Crippen LogP contribution in [0.25, 0.3) is 11.0 Å². The van der Waals surface area contributed by atoms with E-state index in [1.807, 2.05) is 61.5 Å². The maximum Gasteiger partial charge on any atom is 0.262 e. The number of para-hydroxylation sites is 1. The van der Waals surface area contributed by atoms with Gasteiger partial charge in [0.15, 0.2) is 0 Å². The van der Waals surface area contributed by atoms with Crippen molar-refractivity contribution in [2.45, 2.75) is 21.8 Å². The standard InChI is InChI=1S/C41H32BrNO3S2/c1-29-24-26-35(27-25-29)48(44,45)43-38-36-22-11-12-23-37(36)46-39(38)40(30-14-13-21-34(42)28-30)47-41(31-15-5-2-6-16-31,32-17-7-3-8-18-32)33-19-9-4-10-20-33/h2-28,40,43H,1H3/t40-/m1/s1. The van der Waals surface area contributed by atoms with Crippen molar-refractivity contribution in [1.82, 2.24) is 0 Å². The molecule has 48 heavy (non-hydrogen) atoms. The van der Waals surface area contributed by atoms with Gasteiger partial charge in [-0.25, -0.2) is 8.42 Å². The Balaban J connectivity index is 1.50. The number of hydrogen-bond donors (Lipinski definition) is 1. The average molecular weight is 731 g/mol. The van der Waals surface area contributed by atoms with E-state index in [9.17, 15) is 8.42 Å². The third kappa shape index (κ3) is 6.21. The number of hydrogen-bond acceptors (Lipinski definition) is 4. The van der Waals surface area contributed by atoms with E-state index in [1.165, 1.54) is 0 Å². The monoisotopic (exact) mass is 729 g/mol. The Kier molecular flexibility index (Phi) is 9.01. The highest BCUT2D eigenvalue weighted by molar-refractivity contribution is 9.10. The second-order valence-electron chi connectivity index (χ2n) is 11.6. The van der Waals surface area contributed by atoms with Gasteiger partial charge in [-0.2, -0.15) is 0 Å². The van der Waals surface area contributed by atoms with Crippen molar-refractivity contribution >= 4 is 54.4 Å². The molecular formula is C41H32BrNO3S2. The summed E-state index contributed by atoms with van der Waals surface area (Å²) in [5.74, 6) is 0.516. The first-order valence-corrected chi connectivity index (χ1v) is 18.7. The van der Waals surface area contributed by atoms with Gasteiger partial charge in [0.05, 0.1) is 20.6 Å². The smallest absolute Gasteiger partial charge is 0.262 e. The minimum absolute atomic E-state index is 0.184. The molecule has 0 bridgehead atoms. The molecular weight excluding hydrogens is 698 g/mol. The second kappa shape index (κ2) is 13.5. The zero-order valence-electron chi connectivity index (χ0n) is 26.1. The van der Waals surface area contributed by atoms with E-state index in [0.29, 0.717) is 22.4 Å². The molecule has 238 valence electrons. The van der Waals surface area contributed by atoms with Crippen molar-refractivity contribution in [2.24, 2.45) is 0 Å². The number of furan rings is 1. The predicted molar refractivity (Wildman–Crippen MR) is 201 cm³/mol. The minimum atomic E-state index is -3.97. The van der Waals surface area contributed by atoms with E-state index in [2.05, 4.69) is 106 Å². The van der Waals surface area contributed by atoms with Crippen molar-refractivity contribution in [2.75, 3.05) is 4.72 Å². The summed E-state index contributed by atoms with van der Waals surface area (Å²) >= 11 is 5.42. The summed E-state index contributed by atoms with van der Waals surface area (Å²) in [6, 6.07) is 54.0. The van der Waals surface area contributed by atoms with Crippen LogP contribution in [0.1, 0.15) is 38.8 Å². The molecule has 7 aromatic rings. The van der Waals surface area contributed by atoms with Crippen LogP contribution in [0.3, 0.4) is 0 Å². The van der Waals surface area contributed by atoms with Gasteiger partial charge in [0.25, 0.3) is 10.0 Å². The van der Waals surface area contributed by atoms with Crippen LogP contribution in [-0.4, -0.2) is 8.42 Å². The van der Waals surface area contributed by atoms with Crippen LogP contribution in [0.2, 0.25) is 0 Å². The summed E-state index contributed by atoms with van der Waals surface area (Å²) in [7, 11) is -3.97. The predicted octanol–water partition coefficient (Wildman–Crippen LogP) is 11.1. The number of aryl methyl sites for hydroxylation is 1. The van der Waals surface area contributed by atoms with Crippen LogP contribution in [0, 0.1) is 6.92 Å². The number of benzene rings is 6. The van der Waals surface area contributed by atoms with Crippen LogP contribution in [0.4, 0.5) is 5.69 Å². The highest BCUT2D eigenvalue weighted by atomic mass is 79.9. The molecule has 0 amide bonds. The fourth-order valence-corrected chi connectivity index (χ4v) is 9.34. The molecule has 1 heterocycles. The molecule has 1 aromatic heterocycles. The fraction of sp³-hybridized carbons (Fsp3) is 0.0732.